The van der Waals surface area contributed by atoms with E-state index in [-0.39, 0.29) is 48.1 Å². The molecule has 6 aromatic carbocycles. The van der Waals surface area contributed by atoms with E-state index in [9.17, 15) is 0 Å². The van der Waals surface area contributed by atoms with Gasteiger partial charge in [-0.15, -0.1) is 29.7 Å². The maximum absolute atomic E-state index is 6.92. The van der Waals surface area contributed by atoms with Crippen LogP contribution in [0.15, 0.2) is 152 Å². The van der Waals surface area contributed by atoms with Crippen molar-refractivity contribution in [1.29, 1.82) is 0 Å². The summed E-state index contributed by atoms with van der Waals surface area (Å²) in [6, 6.07) is 57.5. The monoisotopic (exact) mass is 1080 g/mol. The number of aromatic nitrogens is 4. The summed E-state index contributed by atoms with van der Waals surface area (Å²) >= 11 is 0. The van der Waals surface area contributed by atoms with Crippen molar-refractivity contribution in [3.05, 3.63) is 209 Å². The molecule has 350 valence electrons. The molecule has 3 aromatic heterocycles. The minimum atomic E-state index is -0.357. The van der Waals surface area contributed by atoms with E-state index in [1.807, 2.05) is 12.3 Å². The van der Waals surface area contributed by atoms with Gasteiger partial charge in [-0.1, -0.05) is 180 Å². The number of rotatable bonds is 9. The molecule has 0 atom stereocenters. The molecule has 0 saturated heterocycles. The molecule has 3 heterocycles. The molecule has 0 aliphatic heterocycles. The van der Waals surface area contributed by atoms with Crippen molar-refractivity contribution in [2.45, 2.75) is 117 Å². The molecule has 0 N–H and O–H groups in total. The van der Waals surface area contributed by atoms with E-state index in [4.69, 9.17) is 9.72 Å². The molecule has 0 spiro atoms. The molecule has 0 aliphatic rings. The van der Waals surface area contributed by atoms with Gasteiger partial charge in [0.2, 0.25) is 0 Å². The maximum atomic E-state index is 6.92. The summed E-state index contributed by atoms with van der Waals surface area (Å²) in [5.41, 5.74) is 11.5. The fraction of sp³-hybridized carbons (Fsp3) is 0.290. The Hall–Kier alpha value is -6.03. The first kappa shape index (κ1) is 48.4. The SMILES string of the molecule is CC(C)(C)c1cc(Oc2[c-]c3c(cc2)c2cc(C(C)(C)c4ccccc4)ccc2n3-c2cc(C(C)(C)C)ccn2)[c-]c(-n2[c-][n+](-c3cccc(C(C)(C)C)c3)c(C(C)(C)c3ccccc3)c2)c1.[Pt]. The van der Waals surface area contributed by atoms with Crippen LogP contribution in [0.3, 0.4) is 0 Å². The Morgan fingerprint density at radius 3 is 1.76 bits per heavy atom. The Labute approximate surface area is 419 Å². The summed E-state index contributed by atoms with van der Waals surface area (Å²) in [4.78, 5) is 4.98. The molecule has 0 saturated carbocycles. The van der Waals surface area contributed by atoms with Gasteiger partial charge in [0.1, 0.15) is 5.82 Å². The fourth-order valence-corrected chi connectivity index (χ4v) is 9.15. The number of ether oxygens (including phenoxy) is 1. The Balaban J connectivity index is 0.00000625. The third-order valence-corrected chi connectivity index (χ3v) is 13.7. The van der Waals surface area contributed by atoms with Crippen LogP contribution in [0.1, 0.15) is 129 Å². The number of nitrogens with zero attached hydrogens (tertiary/aromatic N) is 4. The number of imidazole rings is 1. The average Bonchev–Trinajstić information content (AvgIpc) is 3.89. The van der Waals surface area contributed by atoms with Crippen LogP contribution in [0.2, 0.25) is 0 Å². The summed E-state index contributed by atoms with van der Waals surface area (Å²) in [7, 11) is 0. The number of benzene rings is 6. The summed E-state index contributed by atoms with van der Waals surface area (Å²) in [5, 5.41) is 2.23. The zero-order chi connectivity index (χ0) is 47.7. The van der Waals surface area contributed by atoms with Crippen molar-refractivity contribution in [1.82, 2.24) is 14.1 Å². The van der Waals surface area contributed by atoms with Crippen LogP contribution in [0, 0.1) is 18.5 Å². The van der Waals surface area contributed by atoms with Gasteiger partial charge >= 0.3 is 0 Å². The van der Waals surface area contributed by atoms with E-state index in [1.54, 1.807) is 0 Å². The normalized spacial score (nSPS) is 12.7. The molecule has 6 heteroatoms. The van der Waals surface area contributed by atoms with Gasteiger partial charge in [-0.3, -0.25) is 4.57 Å². The first-order valence-electron chi connectivity index (χ1n) is 23.6. The van der Waals surface area contributed by atoms with Gasteiger partial charge in [0, 0.05) is 61.3 Å². The van der Waals surface area contributed by atoms with Crippen LogP contribution in [-0.2, 0) is 48.1 Å². The average molecular weight is 1080 g/mol. The van der Waals surface area contributed by atoms with Gasteiger partial charge in [-0.05, 0) is 85.5 Å². The molecular weight excluding hydrogens is 1010 g/mol. The van der Waals surface area contributed by atoms with Gasteiger partial charge in [-0.25, -0.2) is 4.98 Å². The summed E-state index contributed by atoms with van der Waals surface area (Å²) < 4.78 is 13.5. The van der Waals surface area contributed by atoms with Crippen molar-refractivity contribution in [2.75, 3.05) is 0 Å². The fourth-order valence-electron chi connectivity index (χ4n) is 9.15. The molecule has 9 aromatic rings. The molecule has 68 heavy (non-hydrogen) atoms. The largest absolute Gasteiger partial charge is 0.510 e. The van der Waals surface area contributed by atoms with Gasteiger partial charge in [0.05, 0.1) is 11.4 Å². The van der Waals surface area contributed by atoms with E-state index in [2.05, 4.69) is 262 Å². The second kappa shape index (κ2) is 17.8. The Morgan fingerprint density at radius 1 is 0.500 bits per heavy atom. The standard InChI is InChI=1S/C62H64N4O.Pt/c1-58(2,3)44-25-20-26-48(33-44)65-41-64(40-56(65)62(12,13)43-23-18-15-19-24-43)49-34-47(60(7,8)9)35-51(38-49)67-50-28-29-52-53-36-46(61(10,11)42-21-16-14-17-22-42)27-30-54(53)66(55(52)39-50)57-37-45(31-32-63-57)59(4,5)6;/h14-37,40H,1-13H3;/q-2;. The van der Waals surface area contributed by atoms with Gasteiger partial charge in [0.25, 0.3) is 6.33 Å². The number of hydrogen-bond donors (Lipinski definition) is 0. The first-order valence-corrected chi connectivity index (χ1v) is 23.6. The predicted molar refractivity (Wildman–Crippen MR) is 276 cm³/mol. The number of fused-ring (bicyclic) bond motifs is 3. The molecular formula is C62H64N4OPt-2. The summed E-state index contributed by atoms with van der Waals surface area (Å²) in [6.07, 6.45) is 7.90. The minimum absolute atomic E-state index is 0. The number of pyridine rings is 1. The van der Waals surface area contributed by atoms with E-state index >= 15 is 0 Å². The van der Waals surface area contributed by atoms with E-state index in [1.165, 1.54) is 27.8 Å². The third-order valence-electron chi connectivity index (χ3n) is 13.7. The van der Waals surface area contributed by atoms with Crippen LogP contribution in [0.5, 0.6) is 11.5 Å². The molecule has 9 rings (SSSR count). The van der Waals surface area contributed by atoms with Crippen molar-refractivity contribution >= 4 is 21.8 Å². The molecule has 5 nitrogen and oxygen atoms in total. The minimum Gasteiger partial charge on any atom is -0.510 e. The molecule has 0 unspecified atom stereocenters. The van der Waals surface area contributed by atoms with Crippen LogP contribution < -0.4 is 9.30 Å². The quantitative estimate of drug-likeness (QED) is 0.107. The van der Waals surface area contributed by atoms with Crippen molar-refractivity contribution in [2.24, 2.45) is 0 Å². The van der Waals surface area contributed by atoms with Crippen LogP contribution in [0.25, 0.3) is 39.0 Å². The van der Waals surface area contributed by atoms with Crippen molar-refractivity contribution in [3.8, 4) is 28.7 Å². The Kier molecular flexibility index (Phi) is 12.7. The smallest absolute Gasteiger partial charge is 0.267 e. The van der Waals surface area contributed by atoms with Crippen LogP contribution in [0.4, 0.5) is 0 Å². The maximum Gasteiger partial charge on any atom is 0.267 e. The van der Waals surface area contributed by atoms with Gasteiger partial charge in [0.15, 0.2) is 0 Å². The summed E-state index contributed by atoms with van der Waals surface area (Å²) in [5.74, 6) is 2.05. The van der Waals surface area contributed by atoms with Gasteiger partial charge < -0.3 is 13.9 Å². The first-order chi connectivity index (χ1) is 31.6. The zero-order valence-corrected chi connectivity index (χ0v) is 44.2. The second-order valence-electron chi connectivity index (χ2n) is 22.4. The number of hydrogen-bond acceptors (Lipinski definition) is 2. The van der Waals surface area contributed by atoms with E-state index in [0.717, 1.165) is 50.3 Å². The topological polar surface area (TPSA) is 35.9 Å². The molecule has 0 radical (unpaired) electrons. The van der Waals surface area contributed by atoms with E-state index < -0.39 is 0 Å². The van der Waals surface area contributed by atoms with Gasteiger partial charge in [-0.2, -0.15) is 17.7 Å². The van der Waals surface area contributed by atoms with Crippen LogP contribution >= 0.6 is 0 Å². The Bertz CT molecular complexity index is 3260. The third kappa shape index (κ3) is 9.27. The van der Waals surface area contributed by atoms with E-state index in [0.29, 0.717) is 11.5 Å². The summed E-state index contributed by atoms with van der Waals surface area (Å²) in [6.45, 7) is 29.4. The molecule has 0 fully saturated rings. The van der Waals surface area contributed by atoms with Crippen molar-refractivity contribution < 1.29 is 30.4 Å². The second-order valence-corrected chi connectivity index (χ2v) is 22.4. The molecule has 0 aliphatic carbocycles. The van der Waals surface area contributed by atoms with Crippen LogP contribution in [-0.4, -0.2) is 14.1 Å². The van der Waals surface area contributed by atoms with Crippen molar-refractivity contribution in [3.63, 3.8) is 0 Å². The molecule has 0 amide bonds. The zero-order valence-electron chi connectivity index (χ0n) is 41.9. The predicted octanol–water partition coefficient (Wildman–Crippen LogP) is 15.0. The Morgan fingerprint density at radius 2 is 1.12 bits per heavy atom. The molecule has 0 bridgehead atoms.